The highest BCUT2D eigenvalue weighted by molar-refractivity contribution is 5.09. The largest absolute Gasteiger partial charge is 0.0622 e. The summed E-state index contributed by atoms with van der Waals surface area (Å²) in [7, 11) is 0. The predicted octanol–water partition coefficient (Wildman–Crippen LogP) is 6.30. The van der Waals surface area contributed by atoms with Crippen molar-refractivity contribution in [1.82, 2.24) is 0 Å². The van der Waals surface area contributed by atoms with Crippen LogP contribution in [0.3, 0.4) is 0 Å². The SMILES string of the molecule is C[C@@H]1[C@@H](C)CC[C@H]2[C@@]1(C)CC[C@@H]1C(C)(C)CCC[C@]21C. The first-order valence-electron chi connectivity index (χ1n) is 9.22. The zero-order chi connectivity index (χ0) is 14.8. The first-order chi connectivity index (χ1) is 9.22. The van der Waals surface area contributed by atoms with E-state index < -0.39 is 0 Å². The molecule has 0 heteroatoms. The molecule has 0 aromatic heterocycles. The Hall–Kier alpha value is 0. The molecular formula is C20H36. The molecular weight excluding hydrogens is 240 g/mol. The van der Waals surface area contributed by atoms with Crippen LogP contribution in [0.1, 0.15) is 86.5 Å². The van der Waals surface area contributed by atoms with Crippen LogP contribution in [0.15, 0.2) is 0 Å². The van der Waals surface area contributed by atoms with Gasteiger partial charge in [-0.3, -0.25) is 0 Å². The van der Waals surface area contributed by atoms with Crippen molar-refractivity contribution < 1.29 is 0 Å². The fourth-order valence-corrected chi connectivity index (χ4v) is 7.22. The molecule has 0 bridgehead atoms. The molecule has 0 amide bonds. The maximum absolute atomic E-state index is 2.68. The second-order valence-corrected chi connectivity index (χ2v) is 9.84. The molecule has 0 unspecified atom stereocenters. The number of hydrogen-bond acceptors (Lipinski definition) is 0. The average molecular weight is 277 g/mol. The zero-order valence-electron chi connectivity index (χ0n) is 14.8. The molecule has 0 aromatic rings. The lowest BCUT2D eigenvalue weighted by atomic mass is 9.39. The molecule has 3 rings (SSSR count). The van der Waals surface area contributed by atoms with Crippen LogP contribution in [0.4, 0.5) is 0 Å². The molecule has 20 heavy (non-hydrogen) atoms. The molecule has 0 spiro atoms. The first-order valence-corrected chi connectivity index (χ1v) is 9.22. The number of rotatable bonds is 0. The van der Waals surface area contributed by atoms with E-state index in [1.807, 2.05) is 0 Å². The lowest BCUT2D eigenvalue weighted by Crippen LogP contribution is -2.58. The third-order valence-electron chi connectivity index (χ3n) is 8.64. The quantitative estimate of drug-likeness (QED) is 0.487. The predicted molar refractivity (Wildman–Crippen MR) is 87.6 cm³/mol. The van der Waals surface area contributed by atoms with E-state index >= 15 is 0 Å². The molecule has 116 valence electrons. The van der Waals surface area contributed by atoms with E-state index in [2.05, 4.69) is 41.5 Å². The van der Waals surface area contributed by atoms with E-state index in [1.165, 1.54) is 44.9 Å². The van der Waals surface area contributed by atoms with E-state index in [4.69, 9.17) is 0 Å². The summed E-state index contributed by atoms with van der Waals surface area (Å²) in [4.78, 5) is 0. The molecule has 3 fully saturated rings. The van der Waals surface area contributed by atoms with Crippen molar-refractivity contribution in [3.63, 3.8) is 0 Å². The fraction of sp³-hybridized carbons (Fsp3) is 1.00. The molecule has 0 aromatic carbocycles. The summed E-state index contributed by atoms with van der Waals surface area (Å²) >= 11 is 0. The Kier molecular flexibility index (Phi) is 3.35. The van der Waals surface area contributed by atoms with Crippen molar-refractivity contribution in [3.05, 3.63) is 0 Å². The zero-order valence-corrected chi connectivity index (χ0v) is 14.8. The van der Waals surface area contributed by atoms with Crippen LogP contribution in [0.5, 0.6) is 0 Å². The van der Waals surface area contributed by atoms with Gasteiger partial charge < -0.3 is 0 Å². The molecule has 0 aliphatic heterocycles. The normalized spacial score (nSPS) is 54.9. The standard InChI is InChI=1S/C20H36/c1-14-8-9-17-19(5,15(14)2)13-10-16-18(3,4)11-7-12-20(16,17)6/h14-17H,7-13H2,1-6H3/t14-,15+,16+,17-,19-,20-/m0/s1. The number of hydrogen-bond donors (Lipinski definition) is 0. The van der Waals surface area contributed by atoms with Gasteiger partial charge in [0.2, 0.25) is 0 Å². The summed E-state index contributed by atoms with van der Waals surface area (Å²) in [6, 6.07) is 0. The summed E-state index contributed by atoms with van der Waals surface area (Å²) in [6.45, 7) is 15.5. The van der Waals surface area contributed by atoms with Crippen LogP contribution in [0, 0.1) is 39.9 Å². The van der Waals surface area contributed by atoms with Gasteiger partial charge in [0.1, 0.15) is 0 Å². The maximum Gasteiger partial charge on any atom is -0.0259 e. The third kappa shape index (κ3) is 1.85. The Balaban J connectivity index is 1.98. The monoisotopic (exact) mass is 276 g/mol. The van der Waals surface area contributed by atoms with Crippen molar-refractivity contribution in [2.24, 2.45) is 39.9 Å². The Morgan fingerprint density at radius 2 is 1.40 bits per heavy atom. The minimum Gasteiger partial charge on any atom is -0.0622 e. The molecule has 0 radical (unpaired) electrons. The fourth-order valence-electron chi connectivity index (χ4n) is 7.22. The number of fused-ring (bicyclic) bond motifs is 3. The van der Waals surface area contributed by atoms with Gasteiger partial charge in [-0.25, -0.2) is 0 Å². The topological polar surface area (TPSA) is 0 Å². The van der Waals surface area contributed by atoms with Crippen LogP contribution < -0.4 is 0 Å². The molecule has 3 aliphatic rings. The lowest BCUT2D eigenvalue weighted by molar-refractivity contribution is -0.169. The summed E-state index contributed by atoms with van der Waals surface area (Å²) in [6.07, 6.45) is 10.4. The van der Waals surface area contributed by atoms with Gasteiger partial charge in [-0.15, -0.1) is 0 Å². The van der Waals surface area contributed by atoms with Crippen LogP contribution in [-0.2, 0) is 0 Å². The summed E-state index contributed by atoms with van der Waals surface area (Å²) in [5.74, 6) is 3.82. The first kappa shape index (κ1) is 14.9. The van der Waals surface area contributed by atoms with Crippen molar-refractivity contribution in [2.45, 2.75) is 86.5 Å². The molecule has 0 saturated heterocycles. The van der Waals surface area contributed by atoms with Gasteiger partial charge >= 0.3 is 0 Å². The van der Waals surface area contributed by atoms with Gasteiger partial charge in [0, 0.05) is 0 Å². The van der Waals surface area contributed by atoms with Crippen LogP contribution in [0.25, 0.3) is 0 Å². The summed E-state index contributed by atoms with van der Waals surface area (Å²) < 4.78 is 0. The second kappa shape index (κ2) is 4.50. The molecule has 3 saturated carbocycles. The van der Waals surface area contributed by atoms with E-state index in [0.717, 1.165) is 23.7 Å². The third-order valence-corrected chi connectivity index (χ3v) is 8.64. The lowest BCUT2D eigenvalue weighted by Gasteiger charge is -2.66. The molecule has 0 nitrogen and oxygen atoms in total. The smallest absolute Gasteiger partial charge is 0.0259 e. The van der Waals surface area contributed by atoms with Crippen LogP contribution in [-0.4, -0.2) is 0 Å². The Morgan fingerprint density at radius 3 is 2.10 bits per heavy atom. The van der Waals surface area contributed by atoms with Gasteiger partial charge in [0.25, 0.3) is 0 Å². The van der Waals surface area contributed by atoms with Gasteiger partial charge in [-0.05, 0) is 72.0 Å². The van der Waals surface area contributed by atoms with Crippen LogP contribution >= 0.6 is 0 Å². The van der Waals surface area contributed by atoms with Crippen LogP contribution in [0.2, 0.25) is 0 Å². The van der Waals surface area contributed by atoms with Gasteiger partial charge in [0.05, 0.1) is 0 Å². The van der Waals surface area contributed by atoms with Gasteiger partial charge in [0.15, 0.2) is 0 Å². The highest BCUT2D eigenvalue weighted by Gasteiger charge is 2.60. The van der Waals surface area contributed by atoms with Crippen molar-refractivity contribution >= 4 is 0 Å². The Morgan fingerprint density at radius 1 is 0.700 bits per heavy atom. The minimum atomic E-state index is 0.584. The van der Waals surface area contributed by atoms with E-state index in [0.29, 0.717) is 16.2 Å². The molecule has 6 atom stereocenters. The van der Waals surface area contributed by atoms with Crippen molar-refractivity contribution in [2.75, 3.05) is 0 Å². The second-order valence-electron chi connectivity index (χ2n) is 9.84. The summed E-state index contributed by atoms with van der Waals surface area (Å²) in [5.41, 5.74) is 1.83. The highest BCUT2D eigenvalue weighted by atomic mass is 14.6. The molecule has 0 N–H and O–H groups in total. The molecule has 0 heterocycles. The van der Waals surface area contributed by atoms with E-state index in [-0.39, 0.29) is 0 Å². The highest BCUT2D eigenvalue weighted by Crippen LogP contribution is 2.68. The Bertz CT molecular complexity index is 381. The van der Waals surface area contributed by atoms with Crippen molar-refractivity contribution in [3.8, 4) is 0 Å². The molecule has 3 aliphatic carbocycles. The van der Waals surface area contributed by atoms with Gasteiger partial charge in [-0.1, -0.05) is 54.4 Å². The van der Waals surface area contributed by atoms with E-state index in [9.17, 15) is 0 Å². The van der Waals surface area contributed by atoms with Crippen molar-refractivity contribution in [1.29, 1.82) is 0 Å². The van der Waals surface area contributed by atoms with Gasteiger partial charge in [-0.2, -0.15) is 0 Å². The minimum absolute atomic E-state index is 0.584. The average Bonchev–Trinajstić information content (AvgIpc) is 2.34. The Labute approximate surface area is 127 Å². The summed E-state index contributed by atoms with van der Waals surface area (Å²) in [5, 5.41) is 0. The van der Waals surface area contributed by atoms with E-state index in [1.54, 1.807) is 0 Å². The maximum atomic E-state index is 2.68.